The third kappa shape index (κ3) is 6.56. The number of phosphoric acid groups is 1. The van der Waals surface area contributed by atoms with E-state index in [4.69, 9.17) is 9.79 Å². The van der Waals surface area contributed by atoms with Gasteiger partial charge in [-0.15, -0.1) is 0 Å². The summed E-state index contributed by atoms with van der Waals surface area (Å²) in [6.45, 7) is -2.60. The summed E-state index contributed by atoms with van der Waals surface area (Å²) in [7, 11) is -8.89. The molecule has 0 aromatic rings. The summed E-state index contributed by atoms with van der Waals surface area (Å²) < 4.78 is 37.6. The molecule has 5 N–H and O–H groups in total. The summed E-state index contributed by atoms with van der Waals surface area (Å²) in [5.41, 5.74) is 0. The van der Waals surface area contributed by atoms with E-state index in [-0.39, 0.29) is 6.42 Å². The molecule has 0 heterocycles. The van der Waals surface area contributed by atoms with Crippen LogP contribution in [0.2, 0.25) is 0 Å². The molecular formula is C4H14BNO8PS-. The summed E-state index contributed by atoms with van der Waals surface area (Å²) in [5, 5.41) is 18.5. The predicted octanol–water partition coefficient (Wildman–Crippen LogP) is -2.11. The van der Waals surface area contributed by atoms with Crippen LogP contribution >= 0.6 is 7.82 Å². The van der Waals surface area contributed by atoms with Gasteiger partial charge in [0.15, 0.2) is 0 Å². The summed E-state index contributed by atoms with van der Waals surface area (Å²) >= 11 is 0. The van der Waals surface area contributed by atoms with Gasteiger partial charge < -0.3 is 24.3 Å². The Bertz CT molecular complexity index is 375. The smallest absolute Gasteiger partial charge is 0.430 e. The molecule has 0 aliphatic heterocycles. The number of rotatable bonds is 6. The van der Waals surface area contributed by atoms with Crippen molar-refractivity contribution < 1.29 is 37.3 Å². The van der Waals surface area contributed by atoms with Gasteiger partial charge in [-0.2, -0.15) is 0 Å². The summed E-state index contributed by atoms with van der Waals surface area (Å²) in [4.78, 5) is 16.8. The van der Waals surface area contributed by atoms with E-state index in [1.54, 1.807) is 4.72 Å². The molecule has 0 aliphatic carbocycles. The van der Waals surface area contributed by atoms with E-state index in [0.717, 1.165) is 6.26 Å². The topological polar surface area (TPSA) is 153 Å². The van der Waals surface area contributed by atoms with E-state index >= 15 is 0 Å². The molecule has 9 nitrogen and oxygen atoms in total. The van der Waals surface area contributed by atoms with Crippen molar-refractivity contribution >= 4 is 24.6 Å². The van der Waals surface area contributed by atoms with Crippen molar-refractivity contribution in [3.63, 3.8) is 0 Å². The molecule has 0 rings (SSSR count). The second-order valence-corrected chi connectivity index (χ2v) is 6.23. The lowest BCUT2D eigenvalue weighted by Gasteiger charge is -2.36. The average Bonchev–Trinajstić information content (AvgIpc) is 1.93. The van der Waals surface area contributed by atoms with E-state index in [2.05, 4.69) is 4.44 Å². The van der Waals surface area contributed by atoms with Crippen molar-refractivity contribution in [2.24, 2.45) is 0 Å². The van der Waals surface area contributed by atoms with E-state index < -0.39 is 30.5 Å². The van der Waals surface area contributed by atoms with Gasteiger partial charge in [-0.25, -0.2) is 17.7 Å². The van der Waals surface area contributed by atoms with Gasteiger partial charge in [-0.1, -0.05) is 13.3 Å². The van der Waals surface area contributed by atoms with Gasteiger partial charge in [0.05, 0.1) is 6.26 Å². The normalized spacial score (nSPS) is 16.1. The zero-order chi connectivity index (χ0) is 13.2. The quantitative estimate of drug-likeness (QED) is 0.273. The Morgan fingerprint density at radius 3 is 2.12 bits per heavy atom. The van der Waals surface area contributed by atoms with Crippen molar-refractivity contribution in [2.75, 3.05) is 6.26 Å². The Hall–Kier alpha value is 0.00494. The van der Waals surface area contributed by atoms with Crippen LogP contribution in [0.1, 0.15) is 13.3 Å². The van der Waals surface area contributed by atoms with Gasteiger partial charge in [-0.05, 0) is 5.94 Å². The van der Waals surface area contributed by atoms with Crippen molar-refractivity contribution in [1.82, 2.24) is 4.72 Å². The maximum absolute atomic E-state index is 10.8. The zero-order valence-electron chi connectivity index (χ0n) is 8.64. The fourth-order valence-electron chi connectivity index (χ4n) is 1.03. The lowest BCUT2D eigenvalue weighted by Crippen LogP contribution is -2.58. The molecule has 0 spiro atoms. The first-order chi connectivity index (χ1) is 6.87. The van der Waals surface area contributed by atoms with Gasteiger partial charge in [-0.3, -0.25) is 0 Å². The van der Waals surface area contributed by atoms with Crippen LogP contribution in [0.15, 0.2) is 0 Å². The SMILES string of the molecule is CC[C@@H](NS(C)(=O)=O)[B-](O)(O)OP(=O)(O)O. The van der Waals surface area contributed by atoms with E-state index in [9.17, 15) is 23.0 Å². The summed E-state index contributed by atoms with van der Waals surface area (Å²) in [6.07, 6.45) is 0.638. The molecule has 12 heteroatoms. The standard InChI is InChI=1S/C4H14BNO8PS/c1-3-4(6-16(2,12)13)5(7,8)14-15(9,10)11/h4,6-8H,3H2,1-2H3,(H2,9,10,11)/q-1/t4-/m1/s1. The second kappa shape index (κ2) is 5.11. The maximum atomic E-state index is 10.8. The molecule has 0 radical (unpaired) electrons. The van der Waals surface area contributed by atoms with E-state index in [0.29, 0.717) is 0 Å². The minimum absolute atomic E-state index is 0.125. The third-order valence-corrected chi connectivity index (χ3v) is 2.94. The fourth-order valence-corrected chi connectivity index (χ4v) is 2.47. The monoisotopic (exact) mass is 278 g/mol. The van der Waals surface area contributed by atoms with Crippen molar-refractivity contribution in [3.05, 3.63) is 0 Å². The lowest BCUT2D eigenvalue weighted by molar-refractivity contribution is 0.175. The molecule has 0 bridgehead atoms. The van der Waals surface area contributed by atoms with Gasteiger partial charge >= 0.3 is 14.6 Å². The Morgan fingerprint density at radius 1 is 1.44 bits per heavy atom. The van der Waals surface area contributed by atoms with Crippen LogP contribution in [0.4, 0.5) is 0 Å². The highest BCUT2D eigenvalue weighted by Crippen LogP contribution is 2.39. The molecule has 0 unspecified atom stereocenters. The van der Waals surface area contributed by atoms with Crippen LogP contribution in [0.5, 0.6) is 0 Å². The Kier molecular flexibility index (Phi) is 5.11. The van der Waals surface area contributed by atoms with Gasteiger partial charge in [0.2, 0.25) is 10.0 Å². The van der Waals surface area contributed by atoms with Crippen LogP contribution in [-0.4, -0.2) is 47.2 Å². The Balaban J connectivity index is 4.88. The first-order valence-electron chi connectivity index (χ1n) is 4.20. The maximum Gasteiger partial charge on any atom is 0.430 e. The molecule has 0 saturated carbocycles. The predicted molar refractivity (Wildman–Crippen MR) is 55.4 cm³/mol. The average molecular weight is 278 g/mol. The number of hydrogen-bond donors (Lipinski definition) is 5. The molecule has 1 atom stereocenters. The first-order valence-corrected chi connectivity index (χ1v) is 7.62. The molecule has 98 valence electrons. The van der Waals surface area contributed by atoms with Crippen molar-refractivity contribution in [1.29, 1.82) is 0 Å². The van der Waals surface area contributed by atoms with Gasteiger partial charge in [0.1, 0.15) is 0 Å². The Labute approximate surface area is 92.7 Å². The minimum Gasteiger partial charge on any atom is -0.558 e. The molecule has 0 saturated heterocycles. The largest absolute Gasteiger partial charge is 0.558 e. The Morgan fingerprint density at radius 2 is 1.88 bits per heavy atom. The summed E-state index contributed by atoms with van der Waals surface area (Å²) in [6, 6.07) is 0. The number of nitrogens with one attached hydrogen (secondary N) is 1. The molecule has 0 aromatic carbocycles. The van der Waals surface area contributed by atoms with Crippen LogP contribution in [-0.2, 0) is 19.0 Å². The van der Waals surface area contributed by atoms with E-state index in [1.807, 2.05) is 0 Å². The van der Waals surface area contributed by atoms with Crippen LogP contribution < -0.4 is 4.72 Å². The van der Waals surface area contributed by atoms with Gasteiger partial charge in [0.25, 0.3) is 0 Å². The second-order valence-electron chi connectivity index (χ2n) is 3.26. The molecular weight excluding hydrogens is 264 g/mol. The highest BCUT2D eigenvalue weighted by Gasteiger charge is 2.38. The van der Waals surface area contributed by atoms with Crippen molar-refractivity contribution in [2.45, 2.75) is 19.3 Å². The molecule has 0 aliphatic rings. The van der Waals surface area contributed by atoms with Crippen molar-refractivity contribution in [3.8, 4) is 0 Å². The van der Waals surface area contributed by atoms with Crippen LogP contribution in [0.25, 0.3) is 0 Å². The first kappa shape index (κ1) is 16.0. The van der Waals surface area contributed by atoms with Crippen LogP contribution in [0.3, 0.4) is 0 Å². The van der Waals surface area contributed by atoms with Gasteiger partial charge in [0, 0.05) is 0 Å². The molecule has 0 aromatic heterocycles. The number of hydrogen-bond acceptors (Lipinski definition) is 6. The highest BCUT2D eigenvalue weighted by molar-refractivity contribution is 7.88. The molecule has 0 amide bonds. The van der Waals surface area contributed by atoms with Crippen LogP contribution in [0, 0.1) is 0 Å². The zero-order valence-corrected chi connectivity index (χ0v) is 10.4. The number of sulfonamides is 1. The fraction of sp³-hybridized carbons (Fsp3) is 1.00. The lowest BCUT2D eigenvalue weighted by atomic mass is 9.69. The summed E-state index contributed by atoms with van der Waals surface area (Å²) in [5.74, 6) is -1.54. The molecule has 0 fully saturated rings. The minimum atomic E-state index is -5.13. The highest BCUT2D eigenvalue weighted by atomic mass is 32.2. The third-order valence-electron chi connectivity index (χ3n) is 1.62. The molecule has 16 heavy (non-hydrogen) atoms. The van der Waals surface area contributed by atoms with E-state index in [1.165, 1.54) is 6.92 Å².